The SMILES string of the molecule is CCOc1ncnc(NCCC2CCCCC2)c1N. The van der Waals surface area contributed by atoms with Gasteiger partial charge in [0.1, 0.15) is 12.0 Å². The second-order valence-corrected chi connectivity index (χ2v) is 5.09. The van der Waals surface area contributed by atoms with Crippen LogP contribution < -0.4 is 15.8 Å². The number of hydrogen-bond donors (Lipinski definition) is 2. The molecule has 0 aliphatic heterocycles. The lowest BCUT2D eigenvalue weighted by atomic mass is 9.87. The Morgan fingerprint density at radius 1 is 1.32 bits per heavy atom. The molecular weight excluding hydrogens is 240 g/mol. The summed E-state index contributed by atoms with van der Waals surface area (Å²) in [4.78, 5) is 8.20. The van der Waals surface area contributed by atoms with Crippen molar-refractivity contribution in [2.75, 3.05) is 24.2 Å². The fourth-order valence-corrected chi connectivity index (χ4v) is 2.64. The minimum absolute atomic E-state index is 0.470. The number of ether oxygens (including phenoxy) is 1. The van der Waals surface area contributed by atoms with E-state index in [1.165, 1.54) is 44.9 Å². The highest BCUT2D eigenvalue weighted by Gasteiger charge is 2.13. The van der Waals surface area contributed by atoms with Crippen molar-refractivity contribution in [3.63, 3.8) is 0 Å². The van der Waals surface area contributed by atoms with Gasteiger partial charge in [0.25, 0.3) is 0 Å². The largest absolute Gasteiger partial charge is 0.476 e. The van der Waals surface area contributed by atoms with Gasteiger partial charge in [-0.05, 0) is 19.3 Å². The molecule has 106 valence electrons. The van der Waals surface area contributed by atoms with Crippen LogP contribution in [0.2, 0.25) is 0 Å². The molecule has 0 bridgehead atoms. The summed E-state index contributed by atoms with van der Waals surface area (Å²) in [6.45, 7) is 3.39. The molecule has 1 aliphatic rings. The van der Waals surface area contributed by atoms with E-state index >= 15 is 0 Å². The quantitative estimate of drug-likeness (QED) is 0.826. The Kier molecular flexibility index (Phi) is 5.24. The number of nitrogen functional groups attached to an aromatic ring is 1. The molecule has 1 aromatic rings. The van der Waals surface area contributed by atoms with E-state index in [0.717, 1.165) is 12.5 Å². The topological polar surface area (TPSA) is 73.1 Å². The lowest BCUT2D eigenvalue weighted by molar-refractivity contribution is 0.328. The number of hydrogen-bond acceptors (Lipinski definition) is 5. The average Bonchev–Trinajstić information content (AvgIpc) is 2.44. The summed E-state index contributed by atoms with van der Waals surface area (Å²) >= 11 is 0. The minimum Gasteiger partial charge on any atom is -0.476 e. The van der Waals surface area contributed by atoms with Gasteiger partial charge in [-0.2, -0.15) is 4.98 Å². The predicted octanol–water partition coefficient (Wildman–Crippen LogP) is 2.84. The smallest absolute Gasteiger partial charge is 0.242 e. The Morgan fingerprint density at radius 3 is 2.84 bits per heavy atom. The molecule has 0 atom stereocenters. The van der Waals surface area contributed by atoms with Crippen LogP contribution in [0.15, 0.2) is 6.33 Å². The number of aromatic nitrogens is 2. The van der Waals surface area contributed by atoms with Gasteiger partial charge in [0.05, 0.1) is 6.61 Å². The Labute approximate surface area is 115 Å². The summed E-state index contributed by atoms with van der Waals surface area (Å²) in [6, 6.07) is 0. The summed E-state index contributed by atoms with van der Waals surface area (Å²) in [5.74, 6) is 2.02. The van der Waals surface area contributed by atoms with Crippen molar-refractivity contribution >= 4 is 11.5 Å². The van der Waals surface area contributed by atoms with Crippen LogP contribution in [0.3, 0.4) is 0 Å². The lowest BCUT2D eigenvalue weighted by Crippen LogP contribution is -2.14. The molecule has 0 radical (unpaired) electrons. The standard InChI is InChI=1S/C14H24N4O/c1-2-19-14-12(15)13(17-10-18-14)16-9-8-11-6-4-3-5-7-11/h10-11H,2-9,15H2,1H3,(H,16,17,18). The zero-order chi connectivity index (χ0) is 13.5. The zero-order valence-electron chi connectivity index (χ0n) is 11.7. The molecule has 0 aromatic carbocycles. The molecule has 1 saturated carbocycles. The highest BCUT2D eigenvalue weighted by atomic mass is 16.5. The van der Waals surface area contributed by atoms with Crippen LogP contribution in [0, 0.1) is 5.92 Å². The average molecular weight is 264 g/mol. The highest BCUT2D eigenvalue weighted by molar-refractivity contribution is 5.66. The molecule has 5 nitrogen and oxygen atoms in total. The molecule has 1 heterocycles. The fraction of sp³-hybridized carbons (Fsp3) is 0.714. The summed E-state index contributed by atoms with van der Waals surface area (Å²) < 4.78 is 5.36. The monoisotopic (exact) mass is 264 g/mol. The summed E-state index contributed by atoms with van der Waals surface area (Å²) in [5.41, 5.74) is 6.48. The number of nitrogens with one attached hydrogen (secondary N) is 1. The molecule has 0 spiro atoms. The van der Waals surface area contributed by atoms with Crippen molar-refractivity contribution in [3.05, 3.63) is 6.33 Å². The van der Waals surface area contributed by atoms with Crippen LogP contribution in [-0.2, 0) is 0 Å². The lowest BCUT2D eigenvalue weighted by Gasteiger charge is -2.21. The maximum atomic E-state index is 5.98. The normalized spacial score (nSPS) is 16.3. The second kappa shape index (κ2) is 7.16. The van der Waals surface area contributed by atoms with Crippen LogP contribution >= 0.6 is 0 Å². The van der Waals surface area contributed by atoms with Crippen LogP contribution in [0.1, 0.15) is 45.4 Å². The highest BCUT2D eigenvalue weighted by Crippen LogP contribution is 2.27. The second-order valence-electron chi connectivity index (χ2n) is 5.09. The van der Waals surface area contributed by atoms with Crippen molar-refractivity contribution < 1.29 is 4.74 Å². The fourth-order valence-electron chi connectivity index (χ4n) is 2.64. The molecular formula is C14H24N4O. The van der Waals surface area contributed by atoms with E-state index in [-0.39, 0.29) is 0 Å². The molecule has 3 N–H and O–H groups in total. The van der Waals surface area contributed by atoms with Gasteiger partial charge in [-0.15, -0.1) is 0 Å². The van der Waals surface area contributed by atoms with Gasteiger partial charge in [-0.25, -0.2) is 4.98 Å². The first-order chi connectivity index (χ1) is 9.31. The van der Waals surface area contributed by atoms with Gasteiger partial charge >= 0.3 is 0 Å². The Morgan fingerprint density at radius 2 is 2.11 bits per heavy atom. The van der Waals surface area contributed by atoms with E-state index in [2.05, 4.69) is 15.3 Å². The summed E-state index contributed by atoms with van der Waals surface area (Å²) in [5, 5.41) is 3.30. The third kappa shape index (κ3) is 3.98. The Hall–Kier alpha value is -1.52. The maximum absolute atomic E-state index is 5.98. The first-order valence-corrected chi connectivity index (χ1v) is 7.28. The molecule has 1 fully saturated rings. The van der Waals surface area contributed by atoms with E-state index < -0.39 is 0 Å². The third-order valence-electron chi connectivity index (χ3n) is 3.70. The van der Waals surface area contributed by atoms with Crippen molar-refractivity contribution in [2.45, 2.75) is 45.4 Å². The van der Waals surface area contributed by atoms with Crippen molar-refractivity contribution in [1.29, 1.82) is 0 Å². The first kappa shape index (κ1) is 13.9. The van der Waals surface area contributed by atoms with E-state index in [0.29, 0.717) is 24.0 Å². The molecule has 0 amide bonds. The molecule has 2 rings (SSSR count). The van der Waals surface area contributed by atoms with Gasteiger partial charge in [0.15, 0.2) is 5.82 Å². The van der Waals surface area contributed by atoms with E-state index in [1.54, 1.807) is 0 Å². The van der Waals surface area contributed by atoms with Crippen molar-refractivity contribution in [1.82, 2.24) is 9.97 Å². The number of nitrogens with two attached hydrogens (primary N) is 1. The van der Waals surface area contributed by atoms with E-state index in [1.807, 2.05) is 6.92 Å². The first-order valence-electron chi connectivity index (χ1n) is 7.28. The minimum atomic E-state index is 0.470. The van der Waals surface area contributed by atoms with Crippen molar-refractivity contribution in [2.24, 2.45) is 5.92 Å². The van der Waals surface area contributed by atoms with Gasteiger partial charge in [0.2, 0.25) is 5.88 Å². The van der Waals surface area contributed by atoms with Crippen LogP contribution in [0.5, 0.6) is 5.88 Å². The van der Waals surface area contributed by atoms with Crippen molar-refractivity contribution in [3.8, 4) is 5.88 Å². The van der Waals surface area contributed by atoms with E-state index in [4.69, 9.17) is 10.5 Å². The van der Waals surface area contributed by atoms with Crippen LogP contribution in [0.25, 0.3) is 0 Å². The van der Waals surface area contributed by atoms with E-state index in [9.17, 15) is 0 Å². The molecule has 0 saturated heterocycles. The molecule has 5 heteroatoms. The maximum Gasteiger partial charge on any atom is 0.242 e. The molecule has 1 aromatic heterocycles. The van der Waals surface area contributed by atoms with Gasteiger partial charge in [-0.1, -0.05) is 32.1 Å². The molecule has 1 aliphatic carbocycles. The Bertz CT molecular complexity index is 391. The summed E-state index contributed by atoms with van der Waals surface area (Å²) in [6.07, 6.45) is 9.58. The van der Waals surface area contributed by atoms with Crippen LogP contribution in [0.4, 0.5) is 11.5 Å². The Balaban J connectivity index is 1.83. The predicted molar refractivity (Wildman–Crippen MR) is 77.3 cm³/mol. The van der Waals surface area contributed by atoms with Crippen LogP contribution in [-0.4, -0.2) is 23.1 Å². The van der Waals surface area contributed by atoms with Gasteiger partial charge in [0, 0.05) is 6.54 Å². The summed E-state index contributed by atoms with van der Waals surface area (Å²) in [7, 11) is 0. The molecule has 0 unspecified atom stereocenters. The number of rotatable bonds is 6. The number of nitrogens with zero attached hydrogens (tertiary/aromatic N) is 2. The van der Waals surface area contributed by atoms with Gasteiger partial charge in [-0.3, -0.25) is 0 Å². The number of anilines is 2. The van der Waals surface area contributed by atoms with Gasteiger partial charge < -0.3 is 15.8 Å². The third-order valence-corrected chi connectivity index (χ3v) is 3.70. The molecule has 19 heavy (non-hydrogen) atoms. The zero-order valence-corrected chi connectivity index (χ0v) is 11.7.